The molecule has 4 rings (SSSR count). The van der Waals surface area contributed by atoms with Crippen molar-refractivity contribution in [1.82, 2.24) is 0 Å². The average Bonchev–Trinajstić information content (AvgIpc) is 3.49. The van der Waals surface area contributed by atoms with Crippen molar-refractivity contribution in [3.8, 4) is 28.4 Å². The number of ether oxygens (including phenoxy) is 4. The zero-order valence-electron chi connectivity index (χ0n) is 18.6. The van der Waals surface area contributed by atoms with Gasteiger partial charge in [0.25, 0.3) is 0 Å². The third-order valence-corrected chi connectivity index (χ3v) is 6.54. The topological polar surface area (TPSA) is 91.3 Å². The van der Waals surface area contributed by atoms with Gasteiger partial charge in [0.05, 0.1) is 32.3 Å². The number of carbonyl (C=O) groups is 2. The summed E-state index contributed by atoms with van der Waals surface area (Å²) in [5.74, 6) is -0.135. The number of carbonyl (C=O) groups excluding carboxylic acids is 1. The number of fused-ring (bicyclic) bond motifs is 1. The van der Waals surface area contributed by atoms with Crippen molar-refractivity contribution in [2.45, 2.75) is 39.2 Å². The zero-order chi connectivity index (χ0) is 22.9. The Balaban J connectivity index is 1.75. The first kappa shape index (κ1) is 22.0. The van der Waals surface area contributed by atoms with Crippen molar-refractivity contribution in [2.24, 2.45) is 11.3 Å². The molecule has 1 saturated carbocycles. The Morgan fingerprint density at radius 3 is 2.47 bits per heavy atom. The number of carboxylic acids is 1. The Labute approximate surface area is 187 Å². The average molecular weight is 440 g/mol. The molecule has 1 N–H and O–H groups in total. The van der Waals surface area contributed by atoms with E-state index in [2.05, 4.69) is 0 Å². The minimum atomic E-state index is -0.776. The van der Waals surface area contributed by atoms with Crippen LogP contribution in [0.1, 0.15) is 48.5 Å². The fourth-order valence-electron chi connectivity index (χ4n) is 4.61. The smallest absolute Gasteiger partial charge is 0.338 e. The summed E-state index contributed by atoms with van der Waals surface area (Å²) < 4.78 is 22.7. The van der Waals surface area contributed by atoms with Crippen molar-refractivity contribution < 1.29 is 33.6 Å². The Bertz CT molecular complexity index is 1040. The molecule has 1 atom stereocenters. The molecule has 7 nitrogen and oxygen atoms in total. The number of hydrogen-bond donors (Lipinski definition) is 1. The van der Waals surface area contributed by atoms with Gasteiger partial charge in [-0.25, -0.2) is 4.79 Å². The number of rotatable bonds is 10. The summed E-state index contributed by atoms with van der Waals surface area (Å²) in [5, 5.41) is 9.78. The number of hydrogen-bond acceptors (Lipinski definition) is 6. The van der Waals surface area contributed by atoms with Crippen LogP contribution in [0.3, 0.4) is 0 Å². The lowest BCUT2D eigenvalue weighted by Crippen LogP contribution is -2.30. The third kappa shape index (κ3) is 3.76. The van der Waals surface area contributed by atoms with Gasteiger partial charge in [0.1, 0.15) is 6.61 Å². The van der Waals surface area contributed by atoms with Gasteiger partial charge in [0.15, 0.2) is 11.5 Å². The Kier molecular flexibility index (Phi) is 6.00. The maximum atomic E-state index is 12.1. The maximum Gasteiger partial charge on any atom is 0.338 e. The summed E-state index contributed by atoms with van der Waals surface area (Å²) in [4.78, 5) is 24.0. The fraction of sp³-hybridized carbons (Fsp3) is 0.440. The lowest BCUT2D eigenvalue weighted by Gasteiger charge is -2.25. The molecule has 1 aliphatic carbocycles. The molecule has 0 bridgehead atoms. The highest BCUT2D eigenvalue weighted by Crippen LogP contribution is 2.55. The van der Waals surface area contributed by atoms with Crippen LogP contribution in [0, 0.1) is 11.3 Å². The molecule has 1 fully saturated rings. The van der Waals surface area contributed by atoms with Gasteiger partial charge in [-0.3, -0.25) is 4.79 Å². The van der Waals surface area contributed by atoms with Gasteiger partial charge in [-0.2, -0.15) is 0 Å². The number of esters is 1. The monoisotopic (exact) mass is 440 g/mol. The van der Waals surface area contributed by atoms with Gasteiger partial charge < -0.3 is 24.1 Å². The van der Waals surface area contributed by atoms with E-state index in [1.165, 1.54) is 0 Å². The molecule has 0 aromatic heterocycles. The lowest BCUT2D eigenvalue weighted by molar-refractivity contribution is -0.145. The highest BCUT2D eigenvalue weighted by molar-refractivity contribution is 5.96. The van der Waals surface area contributed by atoms with Gasteiger partial charge in [-0.1, -0.05) is 25.5 Å². The first-order chi connectivity index (χ1) is 15.5. The largest absolute Gasteiger partial charge is 0.493 e. The van der Waals surface area contributed by atoms with E-state index in [1.807, 2.05) is 25.1 Å². The van der Waals surface area contributed by atoms with Crippen molar-refractivity contribution >= 4 is 11.9 Å². The first-order valence-corrected chi connectivity index (χ1v) is 10.9. The quantitative estimate of drug-likeness (QED) is 0.535. The Hall–Kier alpha value is -3.22. The Morgan fingerprint density at radius 2 is 1.84 bits per heavy atom. The van der Waals surface area contributed by atoms with Crippen LogP contribution in [0.4, 0.5) is 0 Å². The molecular formula is C25H28O7. The molecule has 170 valence electrons. The fourth-order valence-corrected chi connectivity index (χ4v) is 4.61. The van der Waals surface area contributed by atoms with Crippen molar-refractivity contribution in [2.75, 3.05) is 20.8 Å². The Morgan fingerprint density at radius 1 is 1.09 bits per heavy atom. The standard InChI is InChI=1S/C25H28O7/c1-4-6-19(23(26)27)25(11-12-25)14-32-21-16(9-10-20(29-2)22(21)30-3)15-7-5-8-17-18(15)13-31-24(17)28/h5,7-10,19H,4,6,11-14H2,1-3H3,(H,26,27). The highest BCUT2D eigenvalue weighted by Gasteiger charge is 2.53. The van der Waals surface area contributed by atoms with Gasteiger partial charge in [-0.05, 0) is 43.0 Å². The van der Waals surface area contributed by atoms with Crippen LogP contribution < -0.4 is 14.2 Å². The molecule has 1 heterocycles. The summed E-state index contributed by atoms with van der Waals surface area (Å²) >= 11 is 0. The molecule has 1 aliphatic heterocycles. The minimum Gasteiger partial charge on any atom is -0.493 e. The van der Waals surface area contributed by atoms with E-state index in [9.17, 15) is 14.7 Å². The summed E-state index contributed by atoms with van der Waals surface area (Å²) in [6, 6.07) is 9.14. The van der Waals surface area contributed by atoms with Gasteiger partial charge in [0, 0.05) is 16.5 Å². The number of carboxylic acid groups (broad SMARTS) is 1. The number of methoxy groups -OCH3 is 2. The van der Waals surface area contributed by atoms with E-state index >= 15 is 0 Å². The second kappa shape index (κ2) is 8.73. The summed E-state index contributed by atoms with van der Waals surface area (Å²) in [5.41, 5.74) is 2.51. The summed E-state index contributed by atoms with van der Waals surface area (Å²) in [6.45, 7) is 2.46. The molecule has 0 amide bonds. The van der Waals surface area contributed by atoms with Crippen LogP contribution in [0.2, 0.25) is 0 Å². The van der Waals surface area contributed by atoms with Gasteiger partial charge in [0.2, 0.25) is 5.75 Å². The van der Waals surface area contributed by atoms with Crippen LogP contribution >= 0.6 is 0 Å². The predicted octanol–water partition coefficient (Wildman–Crippen LogP) is 4.70. The van der Waals surface area contributed by atoms with E-state index < -0.39 is 11.9 Å². The molecule has 2 aromatic rings. The molecule has 1 unspecified atom stereocenters. The van der Waals surface area contributed by atoms with E-state index in [0.29, 0.717) is 29.2 Å². The molecule has 32 heavy (non-hydrogen) atoms. The molecule has 2 aromatic carbocycles. The van der Waals surface area contributed by atoms with E-state index in [1.54, 1.807) is 26.4 Å². The SMILES string of the molecule is CCCC(C(=O)O)C1(COc2c(-c3cccc4c3COC4=O)ccc(OC)c2OC)CC1. The summed E-state index contributed by atoms with van der Waals surface area (Å²) in [7, 11) is 3.10. The van der Waals surface area contributed by atoms with E-state index in [-0.39, 0.29) is 24.6 Å². The van der Waals surface area contributed by atoms with Crippen LogP contribution in [-0.2, 0) is 16.1 Å². The zero-order valence-corrected chi connectivity index (χ0v) is 18.6. The van der Waals surface area contributed by atoms with E-state index in [0.717, 1.165) is 36.0 Å². The van der Waals surface area contributed by atoms with Crippen molar-refractivity contribution in [3.63, 3.8) is 0 Å². The van der Waals surface area contributed by atoms with Crippen molar-refractivity contribution in [3.05, 3.63) is 41.5 Å². The van der Waals surface area contributed by atoms with E-state index in [4.69, 9.17) is 18.9 Å². The van der Waals surface area contributed by atoms with Crippen LogP contribution in [-0.4, -0.2) is 37.9 Å². The molecule has 2 aliphatic rings. The van der Waals surface area contributed by atoms with Gasteiger partial charge >= 0.3 is 11.9 Å². The molecule has 0 radical (unpaired) electrons. The van der Waals surface area contributed by atoms with Crippen LogP contribution in [0.25, 0.3) is 11.1 Å². The maximum absolute atomic E-state index is 12.1. The van der Waals surface area contributed by atoms with Gasteiger partial charge in [-0.15, -0.1) is 0 Å². The molecule has 0 spiro atoms. The van der Waals surface area contributed by atoms with Crippen LogP contribution in [0.15, 0.2) is 30.3 Å². The second-order valence-corrected chi connectivity index (χ2v) is 8.42. The molecule has 0 saturated heterocycles. The normalized spacial score (nSPS) is 16.7. The minimum absolute atomic E-state index is 0.194. The number of benzene rings is 2. The lowest BCUT2D eigenvalue weighted by atomic mass is 9.86. The molecule has 7 heteroatoms. The van der Waals surface area contributed by atoms with Crippen molar-refractivity contribution in [1.29, 1.82) is 0 Å². The highest BCUT2D eigenvalue weighted by atomic mass is 16.5. The molecular weight excluding hydrogens is 412 g/mol. The number of aliphatic carboxylic acids is 1. The third-order valence-electron chi connectivity index (χ3n) is 6.54. The summed E-state index contributed by atoms with van der Waals surface area (Å²) in [6.07, 6.45) is 3.05. The predicted molar refractivity (Wildman–Crippen MR) is 117 cm³/mol. The van der Waals surface area contributed by atoms with Crippen LogP contribution in [0.5, 0.6) is 17.2 Å². The number of cyclic esters (lactones) is 1. The first-order valence-electron chi connectivity index (χ1n) is 10.9. The second-order valence-electron chi connectivity index (χ2n) is 8.42.